The summed E-state index contributed by atoms with van der Waals surface area (Å²) in [5.74, 6) is -1.26. The summed E-state index contributed by atoms with van der Waals surface area (Å²) < 4.78 is 0.662. The summed E-state index contributed by atoms with van der Waals surface area (Å²) in [5, 5.41) is 15.1. The summed E-state index contributed by atoms with van der Waals surface area (Å²) in [4.78, 5) is 23.6. The van der Waals surface area contributed by atoms with Crippen LogP contribution in [-0.2, 0) is 4.79 Å². The van der Waals surface area contributed by atoms with Crippen molar-refractivity contribution in [3.63, 3.8) is 0 Å². The third-order valence-corrected chi connectivity index (χ3v) is 4.07. The Morgan fingerprint density at radius 1 is 1.40 bits per heavy atom. The average molecular weight is 341 g/mol. The van der Waals surface area contributed by atoms with E-state index in [2.05, 4.69) is 26.6 Å². The van der Waals surface area contributed by atoms with Crippen molar-refractivity contribution in [2.75, 3.05) is 11.9 Å². The van der Waals surface area contributed by atoms with Gasteiger partial charge in [-0.15, -0.1) is 0 Å². The topological polar surface area (TPSA) is 78.4 Å². The van der Waals surface area contributed by atoms with Crippen molar-refractivity contribution in [1.82, 2.24) is 5.32 Å². The second kappa shape index (κ2) is 5.93. The molecule has 3 N–H and O–H groups in total. The lowest BCUT2D eigenvalue weighted by atomic mass is 9.90. The molecule has 0 bridgehead atoms. The van der Waals surface area contributed by atoms with Gasteiger partial charge in [0.15, 0.2) is 0 Å². The SMILES string of the molecule is CC1(C(=O)Nc2ccc(Br)cc2C(=O)O)CCCCN1. The zero-order valence-electron chi connectivity index (χ0n) is 11.2. The Labute approximate surface area is 125 Å². The minimum absolute atomic E-state index is 0.0761. The molecule has 1 saturated heterocycles. The molecular weight excluding hydrogens is 324 g/mol. The summed E-state index contributed by atoms with van der Waals surface area (Å²) in [5.41, 5.74) is -0.243. The molecule has 0 aromatic heterocycles. The zero-order chi connectivity index (χ0) is 14.8. The van der Waals surface area contributed by atoms with E-state index in [0.29, 0.717) is 10.2 Å². The molecule has 1 atom stereocenters. The first-order valence-corrected chi connectivity index (χ1v) is 7.31. The van der Waals surface area contributed by atoms with Gasteiger partial charge in [0, 0.05) is 4.47 Å². The molecule has 5 nitrogen and oxygen atoms in total. The van der Waals surface area contributed by atoms with Crippen LogP contribution < -0.4 is 10.6 Å². The Morgan fingerprint density at radius 3 is 2.75 bits per heavy atom. The number of hydrogen-bond donors (Lipinski definition) is 3. The van der Waals surface area contributed by atoms with Crippen molar-refractivity contribution < 1.29 is 14.7 Å². The average Bonchev–Trinajstić information content (AvgIpc) is 2.41. The lowest BCUT2D eigenvalue weighted by molar-refractivity contribution is -0.122. The number of hydrogen-bond acceptors (Lipinski definition) is 3. The highest BCUT2D eigenvalue weighted by molar-refractivity contribution is 9.10. The summed E-state index contributed by atoms with van der Waals surface area (Å²) in [6, 6.07) is 4.78. The maximum Gasteiger partial charge on any atom is 0.337 e. The number of rotatable bonds is 3. The summed E-state index contributed by atoms with van der Waals surface area (Å²) in [6.07, 6.45) is 2.79. The van der Waals surface area contributed by atoms with Crippen LogP contribution in [0.2, 0.25) is 0 Å². The van der Waals surface area contributed by atoms with Gasteiger partial charge >= 0.3 is 5.97 Å². The quantitative estimate of drug-likeness (QED) is 0.790. The van der Waals surface area contributed by atoms with Crippen LogP contribution in [0.5, 0.6) is 0 Å². The minimum Gasteiger partial charge on any atom is -0.478 e. The first kappa shape index (κ1) is 15.0. The highest BCUT2D eigenvalue weighted by Crippen LogP contribution is 2.24. The zero-order valence-corrected chi connectivity index (χ0v) is 12.8. The van der Waals surface area contributed by atoms with Crippen molar-refractivity contribution in [3.8, 4) is 0 Å². The van der Waals surface area contributed by atoms with E-state index in [1.165, 1.54) is 6.07 Å². The van der Waals surface area contributed by atoms with E-state index in [-0.39, 0.29) is 11.5 Å². The van der Waals surface area contributed by atoms with Gasteiger partial charge < -0.3 is 15.7 Å². The number of halogens is 1. The number of anilines is 1. The van der Waals surface area contributed by atoms with Crippen LogP contribution in [0.4, 0.5) is 5.69 Å². The first-order valence-electron chi connectivity index (χ1n) is 6.52. The molecule has 20 heavy (non-hydrogen) atoms. The van der Waals surface area contributed by atoms with Crippen LogP contribution >= 0.6 is 15.9 Å². The third kappa shape index (κ3) is 3.19. The molecule has 6 heteroatoms. The van der Waals surface area contributed by atoms with Crippen molar-refractivity contribution in [2.24, 2.45) is 0 Å². The fourth-order valence-electron chi connectivity index (χ4n) is 2.31. The second-order valence-corrected chi connectivity index (χ2v) is 6.08. The van der Waals surface area contributed by atoms with Crippen LogP contribution in [0.3, 0.4) is 0 Å². The Kier molecular flexibility index (Phi) is 4.45. The number of nitrogens with one attached hydrogen (secondary N) is 2. The maximum atomic E-state index is 12.4. The molecule has 0 saturated carbocycles. The van der Waals surface area contributed by atoms with Crippen molar-refractivity contribution in [2.45, 2.75) is 31.7 Å². The number of aromatic carboxylic acids is 1. The molecule has 0 radical (unpaired) electrons. The molecule has 0 aliphatic carbocycles. The van der Waals surface area contributed by atoms with E-state index >= 15 is 0 Å². The number of piperidine rings is 1. The Hall–Kier alpha value is -1.40. The standard InChI is InChI=1S/C14H17BrN2O3/c1-14(6-2-3-7-16-14)13(20)17-11-5-4-9(15)8-10(11)12(18)19/h4-5,8,16H,2-3,6-7H2,1H3,(H,17,20)(H,18,19). The van der Waals surface area contributed by atoms with Crippen molar-refractivity contribution in [3.05, 3.63) is 28.2 Å². The van der Waals surface area contributed by atoms with Gasteiger partial charge in [0.25, 0.3) is 0 Å². The summed E-state index contributed by atoms with van der Waals surface area (Å²) in [6.45, 7) is 2.65. The van der Waals surface area contributed by atoms with Crippen molar-refractivity contribution in [1.29, 1.82) is 0 Å². The van der Waals surface area contributed by atoms with Gasteiger partial charge in [-0.3, -0.25) is 4.79 Å². The van der Waals surface area contributed by atoms with Gasteiger partial charge in [0.05, 0.1) is 16.8 Å². The molecule has 1 heterocycles. The number of benzene rings is 1. The van der Waals surface area contributed by atoms with E-state index < -0.39 is 11.5 Å². The van der Waals surface area contributed by atoms with Crippen LogP contribution in [0, 0.1) is 0 Å². The van der Waals surface area contributed by atoms with Crippen LogP contribution in [0.25, 0.3) is 0 Å². The Balaban J connectivity index is 2.21. The number of carboxylic acid groups (broad SMARTS) is 1. The number of carboxylic acids is 1. The summed E-state index contributed by atoms with van der Waals surface area (Å²) >= 11 is 3.23. The molecule has 1 aliphatic heterocycles. The molecule has 2 rings (SSSR count). The third-order valence-electron chi connectivity index (χ3n) is 3.58. The monoisotopic (exact) mass is 340 g/mol. The van der Waals surface area contributed by atoms with E-state index in [0.717, 1.165) is 25.8 Å². The minimum atomic E-state index is -1.07. The van der Waals surface area contributed by atoms with E-state index in [4.69, 9.17) is 0 Å². The number of carbonyl (C=O) groups excluding carboxylic acids is 1. The Bertz CT molecular complexity index is 539. The molecule has 1 aromatic rings. The van der Waals surface area contributed by atoms with Gasteiger partial charge in [-0.2, -0.15) is 0 Å². The molecular formula is C14H17BrN2O3. The molecule has 0 spiro atoms. The largest absolute Gasteiger partial charge is 0.478 e. The predicted octanol–water partition coefficient (Wildman–Crippen LogP) is 2.62. The molecule has 1 amide bonds. The lowest BCUT2D eigenvalue weighted by Crippen LogP contribution is -2.54. The summed E-state index contributed by atoms with van der Waals surface area (Å²) in [7, 11) is 0. The maximum absolute atomic E-state index is 12.4. The number of amides is 1. The van der Waals surface area contributed by atoms with Gasteiger partial charge in [0.2, 0.25) is 5.91 Å². The highest BCUT2D eigenvalue weighted by Gasteiger charge is 2.34. The predicted molar refractivity (Wildman–Crippen MR) is 80.0 cm³/mol. The number of carbonyl (C=O) groups is 2. The highest BCUT2D eigenvalue weighted by atomic mass is 79.9. The van der Waals surface area contributed by atoms with Gasteiger partial charge in [-0.1, -0.05) is 15.9 Å². The molecule has 1 aromatic carbocycles. The first-order chi connectivity index (χ1) is 9.42. The van der Waals surface area contributed by atoms with Gasteiger partial charge in [-0.05, 0) is 50.9 Å². The van der Waals surface area contributed by atoms with E-state index in [9.17, 15) is 14.7 Å². The van der Waals surface area contributed by atoms with Gasteiger partial charge in [-0.25, -0.2) is 4.79 Å². The van der Waals surface area contributed by atoms with Gasteiger partial charge in [0.1, 0.15) is 0 Å². The second-order valence-electron chi connectivity index (χ2n) is 5.17. The molecule has 1 fully saturated rings. The van der Waals surface area contributed by atoms with E-state index in [1.54, 1.807) is 12.1 Å². The molecule has 1 unspecified atom stereocenters. The van der Waals surface area contributed by atoms with Crippen LogP contribution in [0.15, 0.2) is 22.7 Å². The lowest BCUT2D eigenvalue weighted by Gasteiger charge is -2.33. The fraction of sp³-hybridized carbons (Fsp3) is 0.429. The smallest absolute Gasteiger partial charge is 0.337 e. The van der Waals surface area contributed by atoms with Crippen LogP contribution in [0.1, 0.15) is 36.5 Å². The molecule has 108 valence electrons. The van der Waals surface area contributed by atoms with Crippen LogP contribution in [-0.4, -0.2) is 29.1 Å². The Morgan fingerprint density at radius 2 is 2.15 bits per heavy atom. The van der Waals surface area contributed by atoms with Crippen molar-refractivity contribution >= 4 is 33.5 Å². The fourth-order valence-corrected chi connectivity index (χ4v) is 2.67. The normalized spacial score (nSPS) is 22.3. The van der Waals surface area contributed by atoms with E-state index in [1.807, 2.05) is 6.92 Å². The molecule has 1 aliphatic rings.